The van der Waals surface area contributed by atoms with E-state index in [0.29, 0.717) is 25.6 Å². The first kappa shape index (κ1) is 11.7. The molecule has 1 unspecified atom stereocenters. The number of rotatable bonds is 6. The van der Waals surface area contributed by atoms with Gasteiger partial charge in [-0.2, -0.15) is 0 Å². The summed E-state index contributed by atoms with van der Waals surface area (Å²) >= 11 is 3.34. The first-order valence-electron chi connectivity index (χ1n) is 4.31. The van der Waals surface area contributed by atoms with Crippen LogP contribution in [0, 0.1) is 0 Å². The van der Waals surface area contributed by atoms with Gasteiger partial charge in [0, 0.05) is 7.11 Å². The van der Waals surface area contributed by atoms with Gasteiger partial charge in [0.2, 0.25) is 0 Å². The molecule has 5 heteroatoms. The van der Waals surface area contributed by atoms with E-state index in [1.54, 1.807) is 13.4 Å². The van der Waals surface area contributed by atoms with E-state index in [9.17, 15) is 0 Å². The number of hydrogen-bond acceptors (Lipinski definition) is 4. The number of nitrogens with two attached hydrogens (primary N) is 1. The largest absolute Gasteiger partial charge is 0.466 e. The van der Waals surface area contributed by atoms with E-state index in [-0.39, 0.29) is 6.04 Å². The number of hydrogen-bond donors (Lipinski definition) is 1. The molecular weight excluding hydrogens is 250 g/mol. The summed E-state index contributed by atoms with van der Waals surface area (Å²) in [6, 6.07) is 1.57. The molecule has 0 aliphatic carbocycles. The molecular formula is C9H14BrNO3. The predicted octanol–water partition coefficient (Wildman–Crippen LogP) is 1.70. The molecule has 0 fully saturated rings. The van der Waals surface area contributed by atoms with E-state index >= 15 is 0 Å². The maximum atomic E-state index is 5.83. The van der Waals surface area contributed by atoms with Gasteiger partial charge in [-0.3, -0.25) is 0 Å². The lowest BCUT2D eigenvalue weighted by Crippen LogP contribution is -2.18. The SMILES string of the molecule is COCCOCC(N)c1occc1Br. The highest BCUT2D eigenvalue weighted by atomic mass is 79.9. The summed E-state index contributed by atoms with van der Waals surface area (Å²) in [5.74, 6) is 0.711. The van der Waals surface area contributed by atoms with Gasteiger partial charge >= 0.3 is 0 Å². The van der Waals surface area contributed by atoms with E-state index in [1.807, 2.05) is 6.07 Å². The highest BCUT2D eigenvalue weighted by Crippen LogP contribution is 2.22. The van der Waals surface area contributed by atoms with E-state index in [0.717, 1.165) is 4.47 Å². The van der Waals surface area contributed by atoms with Crippen LogP contribution < -0.4 is 5.73 Å². The standard InChI is InChI=1S/C9H14BrNO3/c1-12-4-5-13-6-8(11)9-7(10)2-3-14-9/h2-3,8H,4-6,11H2,1H3. The molecule has 2 N–H and O–H groups in total. The van der Waals surface area contributed by atoms with Crippen LogP contribution in [0.15, 0.2) is 21.2 Å². The normalized spacial score (nSPS) is 13.1. The minimum atomic E-state index is -0.240. The van der Waals surface area contributed by atoms with Crippen LogP contribution >= 0.6 is 15.9 Å². The van der Waals surface area contributed by atoms with Crippen molar-refractivity contribution in [3.63, 3.8) is 0 Å². The molecule has 0 saturated carbocycles. The zero-order valence-corrected chi connectivity index (χ0v) is 9.62. The Morgan fingerprint density at radius 1 is 1.57 bits per heavy atom. The minimum absolute atomic E-state index is 0.240. The first-order valence-corrected chi connectivity index (χ1v) is 5.10. The molecule has 80 valence electrons. The lowest BCUT2D eigenvalue weighted by atomic mass is 10.2. The van der Waals surface area contributed by atoms with Gasteiger partial charge in [-0.25, -0.2) is 0 Å². The van der Waals surface area contributed by atoms with Crippen LogP contribution in [0.25, 0.3) is 0 Å². The number of halogens is 1. The number of furan rings is 1. The molecule has 0 radical (unpaired) electrons. The van der Waals surface area contributed by atoms with Gasteiger partial charge in [0.1, 0.15) is 5.76 Å². The fraction of sp³-hybridized carbons (Fsp3) is 0.556. The van der Waals surface area contributed by atoms with Crippen molar-refractivity contribution in [3.8, 4) is 0 Å². The third kappa shape index (κ3) is 3.42. The van der Waals surface area contributed by atoms with Crippen molar-refractivity contribution in [2.75, 3.05) is 26.9 Å². The molecule has 1 atom stereocenters. The Hall–Kier alpha value is -0.360. The van der Waals surface area contributed by atoms with Gasteiger partial charge in [-0.05, 0) is 22.0 Å². The summed E-state index contributed by atoms with van der Waals surface area (Å²) in [5.41, 5.74) is 5.83. The monoisotopic (exact) mass is 263 g/mol. The molecule has 1 aromatic heterocycles. The Kier molecular flexibility index (Phi) is 5.17. The molecule has 1 heterocycles. The summed E-state index contributed by atoms with van der Waals surface area (Å²) in [4.78, 5) is 0. The minimum Gasteiger partial charge on any atom is -0.466 e. The Morgan fingerprint density at radius 2 is 2.36 bits per heavy atom. The summed E-state index contributed by atoms with van der Waals surface area (Å²) < 4.78 is 16.2. The van der Waals surface area contributed by atoms with Gasteiger partial charge in [0.25, 0.3) is 0 Å². The molecule has 0 saturated heterocycles. The zero-order chi connectivity index (χ0) is 10.4. The molecule has 14 heavy (non-hydrogen) atoms. The van der Waals surface area contributed by atoms with Crippen LogP contribution in [-0.2, 0) is 9.47 Å². The Balaban J connectivity index is 2.28. The maximum absolute atomic E-state index is 5.83. The van der Waals surface area contributed by atoms with Gasteiger partial charge < -0.3 is 19.6 Å². The van der Waals surface area contributed by atoms with Crippen LogP contribution in [0.5, 0.6) is 0 Å². The van der Waals surface area contributed by atoms with Gasteiger partial charge in [0.05, 0.1) is 36.6 Å². The van der Waals surface area contributed by atoms with Gasteiger partial charge in [-0.1, -0.05) is 0 Å². The summed E-state index contributed by atoms with van der Waals surface area (Å²) in [5, 5.41) is 0. The lowest BCUT2D eigenvalue weighted by Gasteiger charge is -2.09. The van der Waals surface area contributed by atoms with Crippen LogP contribution in [0.2, 0.25) is 0 Å². The van der Waals surface area contributed by atoms with Crippen molar-refractivity contribution < 1.29 is 13.9 Å². The fourth-order valence-electron chi connectivity index (χ4n) is 0.998. The van der Waals surface area contributed by atoms with Crippen molar-refractivity contribution in [1.82, 2.24) is 0 Å². The molecule has 0 spiro atoms. The molecule has 0 bridgehead atoms. The smallest absolute Gasteiger partial charge is 0.136 e. The quantitative estimate of drug-likeness (QED) is 0.794. The Bertz CT molecular complexity index is 264. The maximum Gasteiger partial charge on any atom is 0.136 e. The van der Waals surface area contributed by atoms with E-state index in [2.05, 4.69) is 15.9 Å². The van der Waals surface area contributed by atoms with E-state index < -0.39 is 0 Å². The predicted molar refractivity (Wildman–Crippen MR) is 56.0 cm³/mol. The van der Waals surface area contributed by atoms with E-state index in [1.165, 1.54) is 0 Å². The fourth-order valence-corrected chi connectivity index (χ4v) is 1.49. The van der Waals surface area contributed by atoms with E-state index in [4.69, 9.17) is 19.6 Å². The van der Waals surface area contributed by atoms with Crippen LogP contribution in [0.1, 0.15) is 11.8 Å². The van der Waals surface area contributed by atoms with Gasteiger partial charge in [0.15, 0.2) is 0 Å². The molecule has 0 amide bonds. The molecule has 0 aromatic carbocycles. The van der Waals surface area contributed by atoms with Crippen molar-refractivity contribution in [3.05, 3.63) is 22.6 Å². The summed E-state index contributed by atoms with van der Waals surface area (Å²) in [6.07, 6.45) is 1.59. The number of ether oxygens (including phenoxy) is 2. The van der Waals surface area contributed by atoms with Crippen LogP contribution in [-0.4, -0.2) is 26.9 Å². The van der Waals surface area contributed by atoms with Gasteiger partial charge in [-0.15, -0.1) is 0 Å². The highest BCUT2D eigenvalue weighted by molar-refractivity contribution is 9.10. The summed E-state index contributed by atoms with van der Waals surface area (Å²) in [6.45, 7) is 1.55. The second kappa shape index (κ2) is 6.19. The molecule has 4 nitrogen and oxygen atoms in total. The topological polar surface area (TPSA) is 57.6 Å². The van der Waals surface area contributed by atoms with Crippen molar-refractivity contribution in [2.24, 2.45) is 5.73 Å². The molecule has 0 aliphatic heterocycles. The van der Waals surface area contributed by atoms with Crippen molar-refractivity contribution >= 4 is 15.9 Å². The Labute approximate surface area is 91.5 Å². The van der Waals surface area contributed by atoms with Crippen LogP contribution in [0.3, 0.4) is 0 Å². The average Bonchev–Trinajstić information content (AvgIpc) is 2.59. The number of methoxy groups -OCH3 is 1. The Morgan fingerprint density at radius 3 is 2.93 bits per heavy atom. The third-order valence-corrected chi connectivity index (χ3v) is 2.37. The third-order valence-electron chi connectivity index (χ3n) is 1.71. The highest BCUT2D eigenvalue weighted by Gasteiger charge is 2.13. The molecule has 0 aliphatic rings. The summed E-state index contributed by atoms with van der Waals surface area (Å²) in [7, 11) is 1.63. The van der Waals surface area contributed by atoms with Crippen molar-refractivity contribution in [1.29, 1.82) is 0 Å². The lowest BCUT2D eigenvalue weighted by molar-refractivity contribution is 0.0609. The zero-order valence-electron chi connectivity index (χ0n) is 8.03. The second-order valence-electron chi connectivity index (χ2n) is 2.81. The van der Waals surface area contributed by atoms with Crippen LogP contribution in [0.4, 0.5) is 0 Å². The molecule has 1 rings (SSSR count). The first-order chi connectivity index (χ1) is 6.75. The average molecular weight is 264 g/mol. The second-order valence-corrected chi connectivity index (χ2v) is 3.66. The van der Waals surface area contributed by atoms with Crippen molar-refractivity contribution in [2.45, 2.75) is 6.04 Å². The molecule has 1 aromatic rings.